The van der Waals surface area contributed by atoms with E-state index in [2.05, 4.69) is 9.97 Å². The van der Waals surface area contributed by atoms with E-state index in [-0.39, 0.29) is 0 Å². The smallest absolute Gasteiger partial charge is 0.161 e. The van der Waals surface area contributed by atoms with Crippen LogP contribution in [-0.2, 0) is 12.8 Å². The molecule has 1 aromatic carbocycles. The Kier molecular flexibility index (Phi) is 3.38. The lowest BCUT2D eigenvalue weighted by atomic mass is 9.97. The Balaban J connectivity index is 2.02. The fourth-order valence-corrected chi connectivity index (χ4v) is 2.70. The van der Waals surface area contributed by atoms with Crippen LogP contribution in [-0.4, -0.2) is 17.1 Å². The third-order valence-corrected chi connectivity index (χ3v) is 3.79. The van der Waals surface area contributed by atoms with E-state index in [1.54, 1.807) is 7.11 Å². The second-order valence-corrected chi connectivity index (χ2v) is 5.06. The van der Waals surface area contributed by atoms with Crippen molar-refractivity contribution < 1.29 is 4.74 Å². The standard InChI is InChI=1S/C15H15ClN2O/c1-19-11-8-6-10(7-9-11)15-17-13-5-3-2-4-12(13)14(16)18-15/h6-9H,2-5H2,1H3. The fraction of sp³-hybridized carbons (Fsp3) is 0.333. The summed E-state index contributed by atoms with van der Waals surface area (Å²) in [5, 5.41) is 0.607. The lowest BCUT2D eigenvalue weighted by molar-refractivity contribution is 0.415. The van der Waals surface area contributed by atoms with Crippen molar-refractivity contribution >= 4 is 11.6 Å². The van der Waals surface area contributed by atoms with Crippen molar-refractivity contribution in [1.82, 2.24) is 9.97 Å². The molecule has 1 aromatic heterocycles. The Bertz CT molecular complexity index is 596. The molecule has 0 fully saturated rings. The zero-order valence-corrected chi connectivity index (χ0v) is 11.6. The Hall–Kier alpha value is -1.61. The molecule has 0 aliphatic heterocycles. The number of hydrogen-bond donors (Lipinski definition) is 0. The van der Waals surface area contributed by atoms with Crippen LogP contribution >= 0.6 is 11.6 Å². The van der Waals surface area contributed by atoms with Crippen molar-refractivity contribution in [2.24, 2.45) is 0 Å². The van der Waals surface area contributed by atoms with Gasteiger partial charge in [-0.2, -0.15) is 0 Å². The number of methoxy groups -OCH3 is 1. The molecule has 3 rings (SSSR count). The summed E-state index contributed by atoms with van der Waals surface area (Å²) in [6.07, 6.45) is 4.36. The van der Waals surface area contributed by atoms with Gasteiger partial charge in [0.1, 0.15) is 10.9 Å². The SMILES string of the molecule is COc1ccc(-c2nc(Cl)c3c(n2)CCCC3)cc1. The van der Waals surface area contributed by atoms with Gasteiger partial charge in [0.15, 0.2) is 5.82 Å². The summed E-state index contributed by atoms with van der Waals surface area (Å²) in [6, 6.07) is 7.73. The van der Waals surface area contributed by atoms with Crippen LogP contribution in [0.15, 0.2) is 24.3 Å². The lowest BCUT2D eigenvalue weighted by Crippen LogP contribution is -2.08. The number of ether oxygens (including phenoxy) is 1. The second-order valence-electron chi connectivity index (χ2n) is 4.70. The molecule has 1 aliphatic carbocycles. The molecule has 98 valence electrons. The van der Waals surface area contributed by atoms with Gasteiger partial charge >= 0.3 is 0 Å². The predicted molar refractivity (Wildman–Crippen MR) is 75.7 cm³/mol. The van der Waals surface area contributed by atoms with Crippen molar-refractivity contribution in [3.8, 4) is 17.1 Å². The van der Waals surface area contributed by atoms with E-state index >= 15 is 0 Å². The highest BCUT2D eigenvalue weighted by Crippen LogP contribution is 2.28. The molecule has 0 radical (unpaired) electrons. The lowest BCUT2D eigenvalue weighted by Gasteiger charge is -2.16. The number of benzene rings is 1. The molecule has 0 saturated carbocycles. The molecule has 19 heavy (non-hydrogen) atoms. The monoisotopic (exact) mass is 274 g/mol. The number of fused-ring (bicyclic) bond motifs is 1. The third kappa shape index (κ3) is 2.43. The maximum atomic E-state index is 6.28. The van der Waals surface area contributed by atoms with Crippen molar-refractivity contribution in [1.29, 1.82) is 0 Å². The largest absolute Gasteiger partial charge is 0.497 e. The first kappa shape index (κ1) is 12.4. The molecule has 0 N–H and O–H groups in total. The maximum Gasteiger partial charge on any atom is 0.161 e. The Morgan fingerprint density at radius 1 is 1.05 bits per heavy atom. The molecule has 2 aromatic rings. The highest BCUT2D eigenvalue weighted by molar-refractivity contribution is 6.30. The topological polar surface area (TPSA) is 35.0 Å². The van der Waals surface area contributed by atoms with Gasteiger partial charge in [0.2, 0.25) is 0 Å². The molecule has 3 nitrogen and oxygen atoms in total. The van der Waals surface area contributed by atoms with Crippen molar-refractivity contribution in [2.45, 2.75) is 25.7 Å². The molecule has 0 saturated heterocycles. The highest BCUT2D eigenvalue weighted by atomic mass is 35.5. The summed E-state index contributed by atoms with van der Waals surface area (Å²) in [7, 11) is 1.65. The zero-order valence-electron chi connectivity index (χ0n) is 10.8. The molecule has 4 heteroatoms. The van der Waals surface area contributed by atoms with Crippen LogP contribution in [0, 0.1) is 0 Å². The van der Waals surface area contributed by atoms with Crippen LogP contribution in [0.1, 0.15) is 24.1 Å². The van der Waals surface area contributed by atoms with Crippen molar-refractivity contribution in [3.05, 3.63) is 40.7 Å². The van der Waals surface area contributed by atoms with Crippen LogP contribution < -0.4 is 4.74 Å². The summed E-state index contributed by atoms with van der Waals surface area (Å²) in [5.41, 5.74) is 3.21. The van der Waals surface area contributed by atoms with Crippen LogP contribution in [0.25, 0.3) is 11.4 Å². The van der Waals surface area contributed by atoms with E-state index in [1.807, 2.05) is 24.3 Å². The van der Waals surface area contributed by atoms with Crippen LogP contribution in [0.3, 0.4) is 0 Å². The van der Waals surface area contributed by atoms with Crippen LogP contribution in [0.4, 0.5) is 0 Å². The molecule has 0 unspecified atom stereocenters. The highest BCUT2D eigenvalue weighted by Gasteiger charge is 2.17. The Labute approximate surface area is 117 Å². The summed E-state index contributed by atoms with van der Waals surface area (Å²) in [5.74, 6) is 1.53. The van der Waals surface area contributed by atoms with E-state index in [0.717, 1.165) is 35.4 Å². The van der Waals surface area contributed by atoms with Gasteiger partial charge in [0.05, 0.1) is 7.11 Å². The van der Waals surface area contributed by atoms with Gasteiger partial charge in [-0.3, -0.25) is 0 Å². The zero-order chi connectivity index (χ0) is 13.2. The fourth-order valence-electron chi connectivity index (χ4n) is 2.42. The first-order chi connectivity index (χ1) is 9.28. The minimum Gasteiger partial charge on any atom is -0.497 e. The van der Waals surface area contributed by atoms with E-state index in [9.17, 15) is 0 Å². The summed E-state index contributed by atoms with van der Waals surface area (Å²) >= 11 is 6.28. The van der Waals surface area contributed by atoms with E-state index in [4.69, 9.17) is 16.3 Å². The number of rotatable bonds is 2. The van der Waals surface area contributed by atoms with Gasteiger partial charge in [-0.15, -0.1) is 0 Å². The predicted octanol–water partition coefficient (Wildman–Crippen LogP) is 3.68. The van der Waals surface area contributed by atoms with Gasteiger partial charge in [0, 0.05) is 16.8 Å². The molecule has 0 amide bonds. The molecule has 0 atom stereocenters. The molecule has 1 aliphatic rings. The normalized spacial score (nSPS) is 14.0. The first-order valence-corrected chi connectivity index (χ1v) is 6.85. The third-order valence-electron chi connectivity index (χ3n) is 3.48. The minimum absolute atomic E-state index is 0.607. The Morgan fingerprint density at radius 3 is 2.53 bits per heavy atom. The summed E-state index contributed by atoms with van der Waals surface area (Å²) in [6.45, 7) is 0. The van der Waals surface area contributed by atoms with E-state index in [0.29, 0.717) is 11.0 Å². The number of halogens is 1. The van der Waals surface area contributed by atoms with Crippen LogP contribution in [0.2, 0.25) is 5.15 Å². The summed E-state index contributed by atoms with van der Waals surface area (Å²) < 4.78 is 5.15. The molecule has 1 heterocycles. The number of aromatic nitrogens is 2. The van der Waals surface area contributed by atoms with Crippen molar-refractivity contribution in [3.63, 3.8) is 0 Å². The second kappa shape index (κ2) is 5.17. The molecule has 0 bridgehead atoms. The number of aryl methyl sites for hydroxylation is 1. The summed E-state index contributed by atoms with van der Waals surface area (Å²) in [4.78, 5) is 9.09. The van der Waals surface area contributed by atoms with E-state index < -0.39 is 0 Å². The minimum atomic E-state index is 0.607. The quantitative estimate of drug-likeness (QED) is 0.784. The average Bonchev–Trinajstić information content (AvgIpc) is 2.47. The Morgan fingerprint density at radius 2 is 1.79 bits per heavy atom. The first-order valence-electron chi connectivity index (χ1n) is 6.47. The van der Waals surface area contributed by atoms with E-state index in [1.165, 1.54) is 12.8 Å². The van der Waals surface area contributed by atoms with Gasteiger partial charge in [-0.05, 0) is 49.9 Å². The number of hydrogen-bond acceptors (Lipinski definition) is 3. The average molecular weight is 275 g/mol. The molecular weight excluding hydrogens is 260 g/mol. The molecule has 0 spiro atoms. The van der Waals surface area contributed by atoms with Gasteiger partial charge in [0.25, 0.3) is 0 Å². The van der Waals surface area contributed by atoms with Gasteiger partial charge in [-0.1, -0.05) is 11.6 Å². The molecular formula is C15H15ClN2O. The van der Waals surface area contributed by atoms with Crippen LogP contribution in [0.5, 0.6) is 5.75 Å². The number of nitrogens with zero attached hydrogens (tertiary/aromatic N) is 2. The van der Waals surface area contributed by atoms with Gasteiger partial charge < -0.3 is 4.74 Å². The van der Waals surface area contributed by atoms with Gasteiger partial charge in [-0.25, -0.2) is 9.97 Å². The van der Waals surface area contributed by atoms with Crippen molar-refractivity contribution in [2.75, 3.05) is 7.11 Å². The maximum absolute atomic E-state index is 6.28.